The van der Waals surface area contributed by atoms with E-state index in [0.717, 1.165) is 11.1 Å². The van der Waals surface area contributed by atoms with Crippen molar-refractivity contribution in [1.29, 1.82) is 0 Å². The van der Waals surface area contributed by atoms with Crippen LogP contribution in [-0.2, 0) is 6.54 Å². The molecule has 5 heteroatoms. The maximum Gasteiger partial charge on any atom is 0.147 e. The number of para-hydroxylation sites is 1. The van der Waals surface area contributed by atoms with Crippen molar-refractivity contribution in [2.24, 2.45) is 0 Å². The first-order chi connectivity index (χ1) is 9.25. The Kier molecular flexibility index (Phi) is 3.21. The number of rotatable bonds is 3. The van der Waals surface area contributed by atoms with Crippen LogP contribution in [0.2, 0.25) is 0 Å². The highest BCUT2D eigenvalue weighted by Gasteiger charge is 2.08. The number of halogens is 2. The van der Waals surface area contributed by atoms with Crippen LogP contribution in [0.4, 0.5) is 10.1 Å². The van der Waals surface area contributed by atoms with Crippen LogP contribution in [0.5, 0.6) is 0 Å². The third-order valence-corrected chi connectivity index (χ3v) is 3.59. The average molecular weight is 320 g/mol. The van der Waals surface area contributed by atoms with Crippen LogP contribution in [-0.4, -0.2) is 9.61 Å². The molecule has 2 heterocycles. The smallest absolute Gasteiger partial charge is 0.147 e. The summed E-state index contributed by atoms with van der Waals surface area (Å²) < 4.78 is 16.2. The molecule has 1 aromatic carbocycles. The normalized spacial score (nSPS) is 10.8. The van der Waals surface area contributed by atoms with Gasteiger partial charge in [-0.3, -0.25) is 0 Å². The molecule has 0 amide bonds. The van der Waals surface area contributed by atoms with Crippen molar-refractivity contribution in [1.82, 2.24) is 9.61 Å². The Morgan fingerprint density at radius 1 is 1.21 bits per heavy atom. The fraction of sp³-hybridized carbons (Fsp3) is 0.0714. The number of aromatic nitrogens is 2. The fourth-order valence-corrected chi connectivity index (χ4v) is 2.46. The molecule has 0 saturated heterocycles. The fourth-order valence-electron chi connectivity index (χ4n) is 1.97. The SMILES string of the molecule is Fc1cccc(Br)c1NCc1cnn2ccccc12. The first kappa shape index (κ1) is 12.2. The van der Waals surface area contributed by atoms with Crippen molar-refractivity contribution in [3.63, 3.8) is 0 Å². The molecular weight excluding hydrogens is 309 g/mol. The van der Waals surface area contributed by atoms with Crippen LogP contribution in [0.15, 0.2) is 53.3 Å². The first-order valence-corrected chi connectivity index (χ1v) is 6.64. The molecule has 0 aliphatic rings. The lowest BCUT2D eigenvalue weighted by Gasteiger charge is -2.08. The van der Waals surface area contributed by atoms with E-state index < -0.39 is 0 Å². The van der Waals surface area contributed by atoms with Gasteiger partial charge in [0.1, 0.15) is 5.82 Å². The molecular formula is C14H11BrFN3. The second-order valence-electron chi connectivity index (χ2n) is 4.15. The molecule has 0 unspecified atom stereocenters. The van der Waals surface area contributed by atoms with E-state index in [1.165, 1.54) is 6.07 Å². The molecule has 0 aliphatic carbocycles. The highest BCUT2D eigenvalue weighted by molar-refractivity contribution is 9.10. The average Bonchev–Trinajstić information content (AvgIpc) is 2.82. The summed E-state index contributed by atoms with van der Waals surface area (Å²) in [6.45, 7) is 0.521. The predicted molar refractivity (Wildman–Crippen MR) is 76.6 cm³/mol. The summed E-state index contributed by atoms with van der Waals surface area (Å²) in [5.41, 5.74) is 2.51. The van der Waals surface area contributed by atoms with Gasteiger partial charge in [-0.05, 0) is 40.2 Å². The lowest BCUT2D eigenvalue weighted by atomic mass is 10.2. The molecule has 3 nitrogen and oxygen atoms in total. The third-order valence-electron chi connectivity index (χ3n) is 2.92. The molecule has 0 saturated carbocycles. The number of nitrogens with zero attached hydrogens (tertiary/aromatic N) is 2. The monoisotopic (exact) mass is 319 g/mol. The van der Waals surface area contributed by atoms with E-state index in [0.29, 0.717) is 16.7 Å². The quantitative estimate of drug-likeness (QED) is 0.794. The number of hydrogen-bond acceptors (Lipinski definition) is 2. The molecule has 1 N–H and O–H groups in total. The summed E-state index contributed by atoms with van der Waals surface area (Å²) in [5, 5.41) is 7.35. The van der Waals surface area contributed by atoms with E-state index in [1.807, 2.05) is 30.5 Å². The molecule has 0 atom stereocenters. The van der Waals surface area contributed by atoms with E-state index >= 15 is 0 Å². The van der Waals surface area contributed by atoms with Crippen LogP contribution in [0, 0.1) is 5.82 Å². The predicted octanol–water partition coefficient (Wildman–Crippen LogP) is 3.85. The van der Waals surface area contributed by atoms with E-state index in [-0.39, 0.29) is 5.82 Å². The van der Waals surface area contributed by atoms with Crippen molar-refractivity contribution in [2.45, 2.75) is 6.54 Å². The van der Waals surface area contributed by atoms with E-state index in [1.54, 1.807) is 16.8 Å². The van der Waals surface area contributed by atoms with Gasteiger partial charge in [0.25, 0.3) is 0 Å². The molecule has 19 heavy (non-hydrogen) atoms. The van der Waals surface area contributed by atoms with Crippen LogP contribution >= 0.6 is 15.9 Å². The van der Waals surface area contributed by atoms with Gasteiger partial charge >= 0.3 is 0 Å². The zero-order valence-corrected chi connectivity index (χ0v) is 11.6. The summed E-state index contributed by atoms with van der Waals surface area (Å²) in [6.07, 6.45) is 3.68. The van der Waals surface area contributed by atoms with E-state index in [4.69, 9.17) is 0 Å². The minimum absolute atomic E-state index is 0.272. The minimum atomic E-state index is -0.272. The second-order valence-corrected chi connectivity index (χ2v) is 5.00. The molecule has 0 aliphatic heterocycles. The molecule has 0 spiro atoms. The summed E-state index contributed by atoms with van der Waals surface area (Å²) in [7, 11) is 0. The van der Waals surface area contributed by atoms with Crippen molar-refractivity contribution in [3.05, 3.63) is 64.6 Å². The van der Waals surface area contributed by atoms with Crippen LogP contribution in [0.1, 0.15) is 5.56 Å². The van der Waals surface area contributed by atoms with Gasteiger partial charge in [-0.2, -0.15) is 5.10 Å². The van der Waals surface area contributed by atoms with Gasteiger partial charge in [-0.1, -0.05) is 12.1 Å². The van der Waals surface area contributed by atoms with Crippen molar-refractivity contribution >= 4 is 27.1 Å². The molecule has 2 aromatic heterocycles. The summed E-state index contributed by atoms with van der Waals surface area (Å²) >= 11 is 3.34. The van der Waals surface area contributed by atoms with Gasteiger partial charge in [0.05, 0.1) is 17.4 Å². The summed E-state index contributed by atoms with van der Waals surface area (Å²) in [5.74, 6) is -0.272. The van der Waals surface area contributed by atoms with Crippen LogP contribution < -0.4 is 5.32 Å². The highest BCUT2D eigenvalue weighted by Crippen LogP contribution is 2.26. The molecule has 0 fully saturated rings. The Balaban J connectivity index is 1.87. The molecule has 3 rings (SSSR count). The van der Waals surface area contributed by atoms with E-state index in [2.05, 4.69) is 26.3 Å². The number of pyridine rings is 1. The number of hydrogen-bond donors (Lipinski definition) is 1. The Morgan fingerprint density at radius 2 is 2.11 bits per heavy atom. The van der Waals surface area contributed by atoms with Gasteiger partial charge in [-0.25, -0.2) is 8.91 Å². The van der Waals surface area contributed by atoms with Crippen LogP contribution in [0.3, 0.4) is 0 Å². The summed E-state index contributed by atoms with van der Waals surface area (Å²) in [4.78, 5) is 0. The lowest BCUT2D eigenvalue weighted by Crippen LogP contribution is -2.02. The number of fused-ring (bicyclic) bond motifs is 1. The Bertz CT molecular complexity index is 703. The topological polar surface area (TPSA) is 29.3 Å². The van der Waals surface area contributed by atoms with Gasteiger partial charge in [0, 0.05) is 22.8 Å². The number of nitrogens with one attached hydrogen (secondary N) is 1. The molecule has 0 radical (unpaired) electrons. The van der Waals surface area contributed by atoms with Crippen molar-refractivity contribution in [2.75, 3.05) is 5.32 Å². The van der Waals surface area contributed by atoms with Gasteiger partial charge in [0.2, 0.25) is 0 Å². The molecule has 0 bridgehead atoms. The van der Waals surface area contributed by atoms with Gasteiger partial charge in [-0.15, -0.1) is 0 Å². The Morgan fingerprint density at radius 3 is 2.95 bits per heavy atom. The zero-order valence-electron chi connectivity index (χ0n) is 9.98. The highest BCUT2D eigenvalue weighted by atomic mass is 79.9. The van der Waals surface area contributed by atoms with Gasteiger partial charge < -0.3 is 5.32 Å². The van der Waals surface area contributed by atoms with E-state index in [9.17, 15) is 4.39 Å². The van der Waals surface area contributed by atoms with Gasteiger partial charge in [0.15, 0.2) is 0 Å². The maximum atomic E-state index is 13.7. The standard InChI is InChI=1S/C14H11BrFN3/c15-11-4-3-5-12(16)14(11)17-8-10-9-18-19-7-2-1-6-13(10)19/h1-7,9,17H,8H2. The Hall–Kier alpha value is -1.88. The number of benzene rings is 1. The minimum Gasteiger partial charge on any atom is -0.378 e. The van der Waals surface area contributed by atoms with Crippen LogP contribution in [0.25, 0.3) is 5.52 Å². The largest absolute Gasteiger partial charge is 0.378 e. The maximum absolute atomic E-state index is 13.7. The lowest BCUT2D eigenvalue weighted by molar-refractivity contribution is 0.629. The second kappa shape index (κ2) is 5.01. The molecule has 96 valence electrons. The molecule has 3 aromatic rings. The third kappa shape index (κ3) is 2.33. The van der Waals surface area contributed by atoms with Crippen molar-refractivity contribution in [3.8, 4) is 0 Å². The number of anilines is 1. The Labute approximate surface area is 118 Å². The first-order valence-electron chi connectivity index (χ1n) is 5.85. The summed E-state index contributed by atoms with van der Waals surface area (Å²) in [6, 6.07) is 10.8. The zero-order chi connectivity index (χ0) is 13.2. The van der Waals surface area contributed by atoms with Crippen molar-refractivity contribution < 1.29 is 4.39 Å².